The lowest BCUT2D eigenvalue weighted by Gasteiger charge is -2.42. The van der Waals surface area contributed by atoms with Gasteiger partial charge in [-0.05, 0) is 41.8 Å². The van der Waals surface area contributed by atoms with Crippen LogP contribution in [0.15, 0.2) is 41.8 Å². The van der Waals surface area contributed by atoms with Crippen molar-refractivity contribution in [1.82, 2.24) is 4.90 Å². The lowest BCUT2D eigenvalue weighted by Crippen LogP contribution is -2.55. The number of nitrogens with two attached hydrogens (primary N) is 1. The molecule has 0 bridgehead atoms. The molecule has 1 aromatic heterocycles. The fourth-order valence-electron chi connectivity index (χ4n) is 3.83. The zero-order chi connectivity index (χ0) is 19.7. The van der Waals surface area contributed by atoms with Gasteiger partial charge >= 0.3 is 0 Å². The fourth-order valence-corrected chi connectivity index (χ4v) is 4.57. The van der Waals surface area contributed by atoms with Gasteiger partial charge in [-0.1, -0.05) is 51.1 Å². The molecule has 144 valence electrons. The molecule has 2 amide bonds. The molecule has 0 unspecified atom stereocenters. The van der Waals surface area contributed by atoms with E-state index in [2.05, 4.69) is 35.7 Å². The Balaban J connectivity index is 1.81. The van der Waals surface area contributed by atoms with E-state index in [1.165, 1.54) is 10.4 Å². The molecule has 1 atom stereocenters. The summed E-state index contributed by atoms with van der Waals surface area (Å²) in [5.74, 6) is -0.225. The second kappa shape index (κ2) is 7.47. The van der Waals surface area contributed by atoms with Crippen LogP contribution in [-0.2, 0) is 16.0 Å². The first kappa shape index (κ1) is 19.6. The van der Waals surface area contributed by atoms with Gasteiger partial charge in [0.15, 0.2) is 0 Å². The van der Waals surface area contributed by atoms with Crippen LogP contribution in [0.5, 0.6) is 0 Å². The van der Waals surface area contributed by atoms with Crippen LogP contribution in [0.4, 0.5) is 0 Å². The third kappa shape index (κ3) is 4.24. The Morgan fingerprint density at radius 3 is 2.44 bits per heavy atom. The van der Waals surface area contributed by atoms with Gasteiger partial charge in [-0.15, -0.1) is 11.3 Å². The van der Waals surface area contributed by atoms with Crippen LogP contribution >= 0.6 is 11.3 Å². The van der Waals surface area contributed by atoms with E-state index in [9.17, 15) is 9.59 Å². The molecule has 4 nitrogen and oxygen atoms in total. The van der Waals surface area contributed by atoms with E-state index >= 15 is 0 Å². The lowest BCUT2D eigenvalue weighted by atomic mass is 9.74. The number of thiophene rings is 1. The molecule has 0 aliphatic carbocycles. The number of hydrogen-bond donors (Lipinski definition) is 1. The molecule has 0 radical (unpaired) electrons. The zero-order valence-corrected chi connectivity index (χ0v) is 17.1. The van der Waals surface area contributed by atoms with Crippen LogP contribution in [0.25, 0.3) is 10.4 Å². The monoisotopic (exact) mass is 384 g/mol. The maximum atomic E-state index is 12.7. The van der Waals surface area contributed by atoms with Gasteiger partial charge in [-0.2, -0.15) is 0 Å². The third-order valence-electron chi connectivity index (χ3n) is 5.33. The van der Waals surface area contributed by atoms with Crippen molar-refractivity contribution in [3.8, 4) is 10.4 Å². The van der Waals surface area contributed by atoms with E-state index in [0.29, 0.717) is 19.5 Å². The Bertz CT molecular complexity index is 806. The van der Waals surface area contributed by atoms with Crippen LogP contribution < -0.4 is 5.73 Å². The van der Waals surface area contributed by atoms with Crippen molar-refractivity contribution < 1.29 is 9.59 Å². The molecule has 1 aliphatic heterocycles. The summed E-state index contributed by atoms with van der Waals surface area (Å²) in [5.41, 5.74) is 6.97. The van der Waals surface area contributed by atoms with Crippen LogP contribution in [0.1, 0.15) is 39.2 Å². The van der Waals surface area contributed by atoms with Crippen molar-refractivity contribution >= 4 is 23.2 Å². The highest BCUT2D eigenvalue weighted by Gasteiger charge is 2.43. The van der Waals surface area contributed by atoms with Gasteiger partial charge in [-0.3, -0.25) is 9.59 Å². The highest BCUT2D eigenvalue weighted by molar-refractivity contribution is 7.13. The van der Waals surface area contributed by atoms with E-state index in [0.717, 1.165) is 18.4 Å². The second-order valence-corrected chi connectivity index (χ2v) is 9.52. The number of piperidine rings is 1. The van der Waals surface area contributed by atoms with Gasteiger partial charge in [0, 0.05) is 23.4 Å². The third-order valence-corrected chi connectivity index (χ3v) is 6.25. The topological polar surface area (TPSA) is 63.4 Å². The highest BCUT2D eigenvalue weighted by Crippen LogP contribution is 2.36. The predicted molar refractivity (Wildman–Crippen MR) is 110 cm³/mol. The summed E-state index contributed by atoms with van der Waals surface area (Å²) < 4.78 is 0. The quantitative estimate of drug-likeness (QED) is 0.863. The number of amides is 2. The molecule has 2 heterocycles. The van der Waals surface area contributed by atoms with E-state index < -0.39 is 10.8 Å². The number of carbonyl (C=O) groups excluding carboxylic acids is 2. The number of primary amides is 1. The number of nitrogens with zero attached hydrogens (tertiary/aromatic N) is 1. The molecule has 27 heavy (non-hydrogen) atoms. The molecule has 3 rings (SSSR count). The Morgan fingerprint density at radius 1 is 1.19 bits per heavy atom. The molecular weight excluding hydrogens is 356 g/mol. The number of benzene rings is 1. The number of likely N-dealkylation sites (tertiary alicyclic amines) is 1. The van der Waals surface area contributed by atoms with Gasteiger partial charge in [0.2, 0.25) is 11.8 Å². The van der Waals surface area contributed by atoms with Crippen LogP contribution in [0.3, 0.4) is 0 Å². The molecule has 5 heteroatoms. The normalized spacial score (nSPS) is 20.5. The van der Waals surface area contributed by atoms with Crippen LogP contribution in [0, 0.1) is 10.8 Å². The first-order chi connectivity index (χ1) is 12.7. The summed E-state index contributed by atoms with van der Waals surface area (Å²) in [7, 11) is 0. The largest absolute Gasteiger partial charge is 0.369 e. The van der Waals surface area contributed by atoms with Gasteiger partial charge in [-0.25, -0.2) is 0 Å². The molecule has 1 aromatic carbocycles. The standard InChI is InChI=1S/C22H28N2O2S/c1-21(2,3)20(26)24-12-5-11-22(15-24,19(23)25)14-16-7-9-17(10-8-16)18-6-4-13-27-18/h4,6-10,13H,5,11-12,14-15H2,1-3H3,(H2,23,25)/t22-/m1/s1. The lowest BCUT2D eigenvalue weighted by molar-refractivity contribution is -0.146. The summed E-state index contributed by atoms with van der Waals surface area (Å²) in [6.45, 7) is 6.85. The van der Waals surface area contributed by atoms with E-state index in [4.69, 9.17) is 5.73 Å². The number of hydrogen-bond acceptors (Lipinski definition) is 3. The van der Waals surface area contributed by atoms with Gasteiger partial charge in [0.1, 0.15) is 0 Å². The average molecular weight is 385 g/mol. The molecule has 2 N–H and O–H groups in total. The Labute approximate surface area is 165 Å². The molecule has 2 aromatic rings. The van der Waals surface area contributed by atoms with E-state index in [1.54, 1.807) is 11.3 Å². The SMILES string of the molecule is CC(C)(C)C(=O)N1CCC[C@](Cc2ccc(-c3cccs3)cc2)(C(N)=O)C1. The first-order valence-electron chi connectivity index (χ1n) is 9.43. The molecule has 0 spiro atoms. The average Bonchev–Trinajstić information content (AvgIpc) is 3.15. The highest BCUT2D eigenvalue weighted by atomic mass is 32.1. The maximum Gasteiger partial charge on any atom is 0.227 e. The van der Waals surface area contributed by atoms with Crippen molar-refractivity contribution in [2.75, 3.05) is 13.1 Å². The van der Waals surface area contributed by atoms with Crippen molar-refractivity contribution in [3.05, 3.63) is 47.3 Å². The summed E-state index contributed by atoms with van der Waals surface area (Å²) in [6.07, 6.45) is 2.10. The summed E-state index contributed by atoms with van der Waals surface area (Å²) >= 11 is 1.71. The van der Waals surface area contributed by atoms with Gasteiger partial charge < -0.3 is 10.6 Å². The Hall–Kier alpha value is -2.14. The van der Waals surface area contributed by atoms with Crippen molar-refractivity contribution in [1.29, 1.82) is 0 Å². The van der Waals surface area contributed by atoms with Crippen LogP contribution in [0.2, 0.25) is 0 Å². The smallest absolute Gasteiger partial charge is 0.227 e. The first-order valence-corrected chi connectivity index (χ1v) is 10.3. The molecular formula is C22H28N2O2S. The predicted octanol–water partition coefficient (Wildman–Crippen LogP) is 4.10. The van der Waals surface area contributed by atoms with Crippen molar-refractivity contribution in [2.45, 2.75) is 40.0 Å². The van der Waals surface area contributed by atoms with Crippen LogP contribution in [-0.4, -0.2) is 29.8 Å². The Morgan fingerprint density at radius 2 is 1.89 bits per heavy atom. The molecule has 0 saturated carbocycles. The van der Waals surface area contributed by atoms with E-state index in [-0.39, 0.29) is 11.8 Å². The van der Waals surface area contributed by atoms with Gasteiger partial charge in [0.05, 0.1) is 5.41 Å². The minimum atomic E-state index is -0.691. The molecule has 1 aliphatic rings. The zero-order valence-electron chi connectivity index (χ0n) is 16.3. The second-order valence-electron chi connectivity index (χ2n) is 8.58. The molecule has 1 fully saturated rings. The van der Waals surface area contributed by atoms with Gasteiger partial charge in [0.25, 0.3) is 0 Å². The molecule has 1 saturated heterocycles. The summed E-state index contributed by atoms with van der Waals surface area (Å²) in [5, 5.41) is 2.06. The minimum absolute atomic E-state index is 0.0841. The fraction of sp³-hybridized carbons (Fsp3) is 0.455. The summed E-state index contributed by atoms with van der Waals surface area (Å²) in [4.78, 5) is 28.2. The maximum absolute atomic E-state index is 12.7. The van der Waals surface area contributed by atoms with Crippen molar-refractivity contribution in [3.63, 3.8) is 0 Å². The van der Waals surface area contributed by atoms with E-state index in [1.807, 2.05) is 31.7 Å². The van der Waals surface area contributed by atoms with Crippen molar-refractivity contribution in [2.24, 2.45) is 16.6 Å². The summed E-state index contributed by atoms with van der Waals surface area (Å²) in [6, 6.07) is 12.5. The number of rotatable bonds is 4. The Kier molecular flexibility index (Phi) is 5.43. The minimum Gasteiger partial charge on any atom is -0.369 e. The number of carbonyl (C=O) groups is 2.